The third-order valence-corrected chi connectivity index (χ3v) is 5.77. The van der Waals surface area contributed by atoms with Gasteiger partial charge < -0.3 is 4.74 Å². The van der Waals surface area contributed by atoms with Gasteiger partial charge in [-0.15, -0.1) is 0 Å². The molecule has 0 aliphatic rings. The Hall–Kier alpha value is -4.00. The van der Waals surface area contributed by atoms with E-state index in [-0.39, 0.29) is 38.6 Å². The largest absolute Gasteiger partial charge is 0.497 e. The van der Waals surface area contributed by atoms with Gasteiger partial charge in [-0.2, -0.15) is 0 Å². The van der Waals surface area contributed by atoms with E-state index in [9.17, 15) is 8.78 Å². The maximum absolute atomic E-state index is 15.3. The highest BCUT2D eigenvalue weighted by Gasteiger charge is 2.26. The fourth-order valence-corrected chi connectivity index (χ4v) is 4.37. The normalized spacial score (nSPS) is 11.4. The van der Waals surface area contributed by atoms with Crippen molar-refractivity contribution in [2.75, 3.05) is 7.11 Å². The highest BCUT2D eigenvalue weighted by Crippen LogP contribution is 2.47. The first-order chi connectivity index (χ1) is 16.3. The Balaban J connectivity index is 2.07. The second-order valence-corrected chi connectivity index (χ2v) is 7.67. The lowest BCUT2D eigenvalue weighted by molar-refractivity contribution is 0.407. The molecule has 0 aromatic heterocycles. The molecule has 0 atom stereocenters. The molecule has 0 spiro atoms. The number of ether oxygens (including phenoxy) is 1. The van der Waals surface area contributed by atoms with Crippen LogP contribution >= 0.6 is 0 Å². The molecule has 34 heavy (non-hydrogen) atoms. The summed E-state index contributed by atoms with van der Waals surface area (Å²) in [5.74, 6) is -5.93. The summed E-state index contributed by atoms with van der Waals surface area (Å²) in [7, 11) is 1.24. The molecule has 0 fully saturated rings. The zero-order valence-electron chi connectivity index (χ0n) is 17.5. The summed E-state index contributed by atoms with van der Waals surface area (Å²) in [4.78, 5) is 0. The van der Waals surface area contributed by atoms with Gasteiger partial charge in [-0.1, -0.05) is 24.3 Å². The van der Waals surface area contributed by atoms with Crippen molar-refractivity contribution in [2.24, 2.45) is 0 Å². The number of hydrogen-bond donors (Lipinski definition) is 0. The van der Waals surface area contributed by atoms with E-state index in [1.807, 2.05) is 0 Å². The predicted molar refractivity (Wildman–Crippen MR) is 119 cm³/mol. The minimum Gasteiger partial charge on any atom is -0.497 e. The third kappa shape index (κ3) is 3.27. The molecule has 0 amide bonds. The molecule has 0 aliphatic heterocycles. The minimum absolute atomic E-state index is 0.0572. The molecule has 5 rings (SSSR count). The van der Waals surface area contributed by atoms with Crippen molar-refractivity contribution in [3.8, 4) is 28.0 Å². The second-order valence-electron chi connectivity index (χ2n) is 7.67. The molecule has 5 aromatic rings. The molecule has 0 saturated carbocycles. The van der Waals surface area contributed by atoms with E-state index in [0.29, 0.717) is 6.07 Å². The van der Waals surface area contributed by atoms with Crippen molar-refractivity contribution in [1.29, 1.82) is 0 Å². The monoisotopic (exact) mass is 468 g/mol. The molecule has 0 saturated heterocycles. The van der Waals surface area contributed by atoms with Crippen molar-refractivity contribution in [3.05, 3.63) is 102 Å². The number of benzene rings is 5. The molecule has 1 nitrogen and oxygen atoms in total. The van der Waals surface area contributed by atoms with Crippen molar-refractivity contribution >= 4 is 21.5 Å². The van der Waals surface area contributed by atoms with Gasteiger partial charge in [0.2, 0.25) is 0 Å². The van der Waals surface area contributed by atoms with Gasteiger partial charge in [-0.25, -0.2) is 26.3 Å². The first-order valence-electron chi connectivity index (χ1n) is 10.1. The average molecular weight is 468 g/mol. The Labute approximate surface area is 189 Å². The molecule has 0 bridgehead atoms. The molecule has 7 heteroatoms. The van der Waals surface area contributed by atoms with Crippen LogP contribution in [-0.4, -0.2) is 7.11 Å². The Morgan fingerprint density at radius 1 is 0.529 bits per heavy atom. The van der Waals surface area contributed by atoms with Crippen LogP contribution in [0.2, 0.25) is 0 Å². The average Bonchev–Trinajstić information content (AvgIpc) is 2.81. The maximum Gasteiger partial charge on any atom is 0.137 e. The summed E-state index contributed by atoms with van der Waals surface area (Å²) >= 11 is 0. The Morgan fingerprint density at radius 2 is 1.09 bits per heavy atom. The van der Waals surface area contributed by atoms with Crippen LogP contribution < -0.4 is 4.74 Å². The Kier molecular flexibility index (Phi) is 5.20. The molecule has 5 aromatic carbocycles. The van der Waals surface area contributed by atoms with E-state index in [2.05, 4.69) is 0 Å². The van der Waals surface area contributed by atoms with Gasteiger partial charge in [0.25, 0.3) is 0 Å². The fourth-order valence-electron chi connectivity index (χ4n) is 4.37. The van der Waals surface area contributed by atoms with Gasteiger partial charge in [0, 0.05) is 45.7 Å². The van der Waals surface area contributed by atoms with E-state index in [1.54, 1.807) is 12.1 Å². The van der Waals surface area contributed by atoms with Crippen molar-refractivity contribution in [1.82, 2.24) is 0 Å². The van der Waals surface area contributed by atoms with Gasteiger partial charge in [0.05, 0.1) is 12.7 Å². The van der Waals surface area contributed by atoms with Crippen molar-refractivity contribution < 1.29 is 31.1 Å². The van der Waals surface area contributed by atoms with Crippen LogP contribution in [0.15, 0.2) is 66.7 Å². The third-order valence-electron chi connectivity index (χ3n) is 5.77. The highest BCUT2D eigenvalue weighted by molar-refractivity contribution is 6.21. The van der Waals surface area contributed by atoms with E-state index in [1.165, 1.54) is 19.2 Å². The quantitative estimate of drug-likeness (QED) is 0.192. The number of hydrogen-bond acceptors (Lipinski definition) is 1. The number of methoxy groups -OCH3 is 1. The standard InChI is InChI=1S/C27H14F6O/c1-34-14-11-21(32)25(22(33)12-14)24-16-5-3-2-4-15(16)23(17-7-6-13(28)10-20(17)31)26-18(29)8-9-19(30)27(24)26/h2-12H,1H3. The summed E-state index contributed by atoms with van der Waals surface area (Å²) in [5, 5.41) is -0.454. The van der Waals surface area contributed by atoms with Crippen LogP contribution in [0.5, 0.6) is 5.75 Å². The van der Waals surface area contributed by atoms with Crippen LogP contribution in [0.25, 0.3) is 43.8 Å². The Bertz CT molecular complexity index is 1590. The van der Waals surface area contributed by atoms with Crippen molar-refractivity contribution in [3.63, 3.8) is 0 Å². The molecular formula is C27H14F6O. The second kappa shape index (κ2) is 8.09. The van der Waals surface area contributed by atoms with Gasteiger partial charge >= 0.3 is 0 Å². The highest BCUT2D eigenvalue weighted by atomic mass is 19.2. The first kappa shape index (κ1) is 21.8. The maximum atomic E-state index is 15.3. The minimum atomic E-state index is -1.05. The van der Waals surface area contributed by atoms with Gasteiger partial charge in [-0.05, 0) is 35.0 Å². The lowest BCUT2D eigenvalue weighted by Gasteiger charge is -2.19. The lowest BCUT2D eigenvalue weighted by Crippen LogP contribution is -2.00. The molecule has 170 valence electrons. The van der Waals surface area contributed by atoms with Crippen LogP contribution in [-0.2, 0) is 0 Å². The predicted octanol–water partition coefficient (Wildman–Crippen LogP) is 8.17. The molecule has 0 unspecified atom stereocenters. The summed E-state index contributed by atoms with van der Waals surface area (Å²) in [6.45, 7) is 0. The van der Waals surface area contributed by atoms with Crippen LogP contribution in [0.3, 0.4) is 0 Å². The molecule has 0 N–H and O–H groups in total. The van der Waals surface area contributed by atoms with Crippen LogP contribution in [0.1, 0.15) is 0 Å². The summed E-state index contributed by atoms with van der Waals surface area (Å²) in [6, 6.07) is 12.4. The summed E-state index contributed by atoms with van der Waals surface area (Å²) in [5.41, 5.74) is -1.06. The lowest BCUT2D eigenvalue weighted by atomic mass is 9.85. The van der Waals surface area contributed by atoms with Crippen LogP contribution in [0, 0.1) is 34.9 Å². The number of fused-ring (bicyclic) bond motifs is 2. The first-order valence-corrected chi connectivity index (χ1v) is 10.1. The van der Waals surface area contributed by atoms with E-state index >= 15 is 17.6 Å². The van der Waals surface area contributed by atoms with Gasteiger partial charge in [0.15, 0.2) is 0 Å². The smallest absolute Gasteiger partial charge is 0.137 e. The van der Waals surface area contributed by atoms with Crippen molar-refractivity contribution in [2.45, 2.75) is 0 Å². The van der Waals surface area contributed by atoms with E-state index in [0.717, 1.165) is 36.4 Å². The topological polar surface area (TPSA) is 9.23 Å². The molecule has 0 radical (unpaired) electrons. The fraction of sp³-hybridized carbons (Fsp3) is 0.0370. The zero-order valence-corrected chi connectivity index (χ0v) is 17.5. The SMILES string of the molecule is COc1cc(F)c(-c2c3ccccc3c(-c3ccc(F)cc3F)c3c(F)ccc(F)c23)c(F)c1. The summed E-state index contributed by atoms with van der Waals surface area (Å²) < 4.78 is 94.3. The van der Waals surface area contributed by atoms with Gasteiger partial charge in [-0.3, -0.25) is 0 Å². The van der Waals surface area contributed by atoms with Crippen LogP contribution in [0.4, 0.5) is 26.3 Å². The molecular weight excluding hydrogens is 454 g/mol. The number of rotatable bonds is 3. The Morgan fingerprint density at radius 3 is 1.65 bits per heavy atom. The molecule has 0 heterocycles. The van der Waals surface area contributed by atoms with E-state index < -0.39 is 45.9 Å². The summed E-state index contributed by atoms with van der Waals surface area (Å²) in [6.07, 6.45) is 0. The van der Waals surface area contributed by atoms with E-state index in [4.69, 9.17) is 4.74 Å². The number of halogens is 6. The zero-order chi connectivity index (χ0) is 24.1. The molecule has 0 aliphatic carbocycles. The van der Waals surface area contributed by atoms with Gasteiger partial charge in [0.1, 0.15) is 40.7 Å².